The largest absolute Gasteiger partial charge is 0.412 e. The predicted molar refractivity (Wildman–Crippen MR) is 17.2 cm³/mol. The van der Waals surface area contributed by atoms with E-state index in [0.29, 0.717) is 0 Å². The monoisotopic (exact) mass is 183 g/mol. The summed E-state index contributed by atoms with van der Waals surface area (Å²) in [6.07, 6.45) is 0. The Morgan fingerprint density at radius 1 is 0.800 bits per heavy atom. The van der Waals surface area contributed by atoms with Crippen LogP contribution in [-0.2, 0) is 33.3 Å². The molecular weight excluding hydrogens is 177 g/mol. The van der Waals surface area contributed by atoms with E-state index in [2.05, 4.69) is 0 Å². The van der Waals surface area contributed by atoms with Gasteiger partial charge in [-0.25, -0.2) is 0 Å². The van der Waals surface area contributed by atoms with E-state index in [9.17, 15) is 0 Å². The topological polar surface area (TPSA) is 63.0 Å². The van der Waals surface area contributed by atoms with Crippen molar-refractivity contribution in [1.29, 1.82) is 0 Å². The van der Waals surface area contributed by atoms with Gasteiger partial charge in [-0.3, -0.25) is 0 Å². The number of hydrogen-bond donors (Lipinski definition) is 0. The average molecular weight is 184 g/mol. The van der Waals surface area contributed by atoms with Crippen LogP contribution in [0.4, 0.5) is 0 Å². The first-order valence-electron chi connectivity index (χ1n) is 0. The molecule has 0 aromatic rings. The summed E-state index contributed by atoms with van der Waals surface area (Å²) in [5.74, 6) is 0. The van der Waals surface area contributed by atoms with Crippen LogP contribution in [0.1, 0.15) is 0 Å². The minimum atomic E-state index is 0. The van der Waals surface area contributed by atoms with Gasteiger partial charge < -0.3 is 11.0 Å². The molecule has 1 radical (unpaired) electrons. The molecule has 0 saturated heterocycles. The fourth-order valence-corrected chi connectivity index (χ4v) is 0. The quantitative estimate of drug-likeness (QED) is 0.364. The normalized spacial score (nSPS) is 0. The number of hydrogen-bond acceptors (Lipinski definition) is 0. The van der Waals surface area contributed by atoms with Crippen LogP contribution in [0.25, 0.3) is 0 Å². The molecule has 2 nitrogen and oxygen atoms in total. The van der Waals surface area contributed by atoms with Crippen LogP contribution in [-0.4, -0.2) is 28.3 Å². The van der Waals surface area contributed by atoms with Crippen molar-refractivity contribution in [2.24, 2.45) is 0 Å². The molecule has 0 aromatic carbocycles. The molecule has 4 N–H and O–H groups in total. The van der Waals surface area contributed by atoms with Gasteiger partial charge in [-0.15, -0.1) is 0 Å². The maximum absolute atomic E-state index is 0. The van der Waals surface area contributed by atoms with Crippen molar-refractivity contribution in [2.45, 2.75) is 0 Å². The average Bonchev–Trinajstić information content (AvgIpc) is 0. The van der Waals surface area contributed by atoms with Crippen LogP contribution in [0.2, 0.25) is 0 Å². The Labute approximate surface area is 61.6 Å². The molecule has 0 spiro atoms. The summed E-state index contributed by atoms with van der Waals surface area (Å²) in [5, 5.41) is 0. The van der Waals surface area contributed by atoms with Crippen molar-refractivity contribution in [3.63, 3.8) is 0 Å². The van der Waals surface area contributed by atoms with E-state index in [0.717, 1.165) is 0 Å². The smallest absolute Gasteiger partial charge is 0.187 e. The fraction of sp³-hybridized carbons (Fsp3) is 0. The van der Waals surface area contributed by atoms with Gasteiger partial charge in [0.05, 0.1) is 0 Å². The zero-order valence-electron chi connectivity index (χ0n) is 1.65. The van der Waals surface area contributed by atoms with E-state index in [1.807, 2.05) is 0 Å². The van der Waals surface area contributed by atoms with E-state index in [-0.39, 0.29) is 61.6 Å². The maximum atomic E-state index is 0. The first-order chi connectivity index (χ1) is 0. The second-order valence-corrected chi connectivity index (χ2v) is 0. The van der Waals surface area contributed by atoms with Gasteiger partial charge in [0.15, 0.2) is 17.4 Å². The standard InChI is InChI=1S/Al.Co.Ni.2H2O.3H/h;;;2*1H2;;;. The van der Waals surface area contributed by atoms with Crippen molar-refractivity contribution >= 4 is 17.4 Å². The predicted octanol–water partition coefficient (Wildman–Crippen LogP) is -2.84. The fourth-order valence-electron chi connectivity index (χ4n) is 0. The van der Waals surface area contributed by atoms with Crippen LogP contribution >= 0.6 is 0 Å². The maximum Gasteiger partial charge on any atom is 0.187 e. The third-order valence-electron chi connectivity index (χ3n) is 0. The van der Waals surface area contributed by atoms with E-state index < -0.39 is 0 Å². The molecule has 5 heteroatoms. The van der Waals surface area contributed by atoms with Crippen LogP contribution in [0.15, 0.2) is 0 Å². The molecule has 0 saturated carbocycles. The Hall–Kier alpha value is 1.45. The molecule has 0 aliphatic heterocycles. The van der Waals surface area contributed by atoms with Gasteiger partial charge in [-0.1, -0.05) is 0 Å². The third kappa shape index (κ3) is 30.8. The first-order valence-corrected chi connectivity index (χ1v) is 0. The van der Waals surface area contributed by atoms with Gasteiger partial charge in [0.25, 0.3) is 0 Å². The molecule has 0 aromatic heterocycles. The molecule has 41 valence electrons. The molecule has 0 unspecified atom stereocenters. The summed E-state index contributed by atoms with van der Waals surface area (Å²) in [4.78, 5) is 0. The second kappa shape index (κ2) is 51.2. The first kappa shape index (κ1) is 90.9. The summed E-state index contributed by atoms with van der Waals surface area (Å²) in [7, 11) is 0. The van der Waals surface area contributed by atoms with Gasteiger partial charge in [0, 0.05) is 33.3 Å². The zero-order valence-corrected chi connectivity index (χ0v) is 3.68. The van der Waals surface area contributed by atoms with Gasteiger partial charge in [-0.2, -0.15) is 0 Å². The minimum absolute atomic E-state index is 0. The molecule has 0 bridgehead atoms. The Bertz CT molecular complexity index is 9.61. The second-order valence-electron chi connectivity index (χ2n) is 0. The summed E-state index contributed by atoms with van der Waals surface area (Å²) in [6, 6.07) is 0. The molecular formula is H7AlCoNiO2. The van der Waals surface area contributed by atoms with Crippen LogP contribution in [0, 0.1) is 0 Å². The SMILES string of the molecule is O.O.[AlH3].[Co].[Ni]. The molecule has 0 heterocycles. The van der Waals surface area contributed by atoms with Gasteiger partial charge >= 0.3 is 0 Å². The van der Waals surface area contributed by atoms with Crippen molar-refractivity contribution in [2.75, 3.05) is 0 Å². The summed E-state index contributed by atoms with van der Waals surface area (Å²) >= 11 is 0. The Balaban J connectivity index is 0. The molecule has 0 atom stereocenters. The van der Waals surface area contributed by atoms with Crippen molar-refractivity contribution in [3.8, 4) is 0 Å². The van der Waals surface area contributed by atoms with Crippen molar-refractivity contribution in [3.05, 3.63) is 0 Å². The van der Waals surface area contributed by atoms with E-state index in [1.54, 1.807) is 0 Å². The molecule has 0 amide bonds. The van der Waals surface area contributed by atoms with Gasteiger partial charge in [0.2, 0.25) is 0 Å². The molecule has 0 aliphatic rings. The zero-order chi connectivity index (χ0) is 0. The van der Waals surface area contributed by atoms with Crippen LogP contribution in [0.3, 0.4) is 0 Å². The van der Waals surface area contributed by atoms with Gasteiger partial charge in [0.1, 0.15) is 0 Å². The Morgan fingerprint density at radius 3 is 0.800 bits per heavy atom. The minimum Gasteiger partial charge on any atom is -0.412 e. The van der Waals surface area contributed by atoms with E-state index in [4.69, 9.17) is 0 Å². The Kier molecular flexibility index (Phi) is 932. The van der Waals surface area contributed by atoms with Gasteiger partial charge in [-0.05, 0) is 0 Å². The Morgan fingerprint density at radius 2 is 0.800 bits per heavy atom. The van der Waals surface area contributed by atoms with Crippen LogP contribution < -0.4 is 0 Å². The molecule has 5 heavy (non-hydrogen) atoms. The molecule has 0 fully saturated rings. The third-order valence-corrected chi connectivity index (χ3v) is 0. The number of rotatable bonds is 0. The van der Waals surface area contributed by atoms with Crippen molar-refractivity contribution < 1.29 is 44.2 Å². The summed E-state index contributed by atoms with van der Waals surface area (Å²) in [6.45, 7) is 0. The summed E-state index contributed by atoms with van der Waals surface area (Å²) < 4.78 is 0. The van der Waals surface area contributed by atoms with E-state index in [1.165, 1.54) is 0 Å². The van der Waals surface area contributed by atoms with Crippen molar-refractivity contribution in [1.82, 2.24) is 0 Å². The van der Waals surface area contributed by atoms with E-state index >= 15 is 0 Å². The molecule has 0 aliphatic carbocycles. The summed E-state index contributed by atoms with van der Waals surface area (Å²) in [5.41, 5.74) is 0. The molecule has 0 rings (SSSR count). The van der Waals surface area contributed by atoms with Crippen LogP contribution in [0.5, 0.6) is 0 Å².